The van der Waals surface area contributed by atoms with Gasteiger partial charge in [0.25, 0.3) is 0 Å². The fourth-order valence-electron chi connectivity index (χ4n) is 1.69. The van der Waals surface area contributed by atoms with Crippen molar-refractivity contribution in [3.63, 3.8) is 0 Å². The average Bonchev–Trinajstić information content (AvgIpc) is 2.62. The first kappa shape index (κ1) is 11.4. The molecule has 2 rings (SSSR count). The van der Waals surface area contributed by atoms with E-state index in [9.17, 15) is 0 Å². The molecule has 0 fully saturated rings. The van der Waals surface area contributed by atoms with E-state index in [1.807, 2.05) is 29.9 Å². The van der Waals surface area contributed by atoms with Crippen LogP contribution in [0.25, 0.3) is 0 Å². The third-order valence-corrected chi connectivity index (χ3v) is 3.34. The Balaban J connectivity index is 2.24. The van der Waals surface area contributed by atoms with Gasteiger partial charge in [-0.3, -0.25) is 4.68 Å². The lowest BCUT2D eigenvalue weighted by molar-refractivity contribution is 0.701. The topological polar surface area (TPSA) is 43.8 Å². The molecule has 1 aromatic heterocycles. The van der Waals surface area contributed by atoms with Crippen molar-refractivity contribution in [3.8, 4) is 0 Å². The molecule has 0 unspecified atom stereocenters. The number of rotatable bonds is 3. The molecule has 2 aromatic rings. The zero-order valence-corrected chi connectivity index (χ0v) is 10.7. The summed E-state index contributed by atoms with van der Waals surface area (Å²) in [7, 11) is 1.92. The van der Waals surface area contributed by atoms with Crippen LogP contribution in [0.2, 0.25) is 0 Å². The number of nitrogens with two attached hydrogens (primary N) is 1. The van der Waals surface area contributed by atoms with Crippen molar-refractivity contribution in [3.05, 3.63) is 51.8 Å². The summed E-state index contributed by atoms with van der Waals surface area (Å²) in [5.41, 5.74) is 8.97. The number of aryl methyl sites for hydroxylation is 1. The second kappa shape index (κ2) is 4.80. The Morgan fingerprint density at radius 1 is 1.38 bits per heavy atom. The minimum absolute atomic E-state index is 0.527. The third kappa shape index (κ3) is 2.33. The quantitative estimate of drug-likeness (QED) is 0.937. The first-order valence-corrected chi connectivity index (χ1v) is 5.95. The van der Waals surface area contributed by atoms with E-state index in [1.54, 1.807) is 0 Å². The molecule has 0 aliphatic carbocycles. The number of hydrogen-bond acceptors (Lipinski definition) is 2. The summed E-state index contributed by atoms with van der Waals surface area (Å²) in [6.07, 6.45) is 0.829. The van der Waals surface area contributed by atoms with Gasteiger partial charge in [0, 0.05) is 24.5 Å². The molecule has 0 saturated carbocycles. The second-order valence-corrected chi connectivity index (χ2v) is 4.58. The summed E-state index contributed by atoms with van der Waals surface area (Å²) in [6.45, 7) is 0.527. The van der Waals surface area contributed by atoms with E-state index in [2.05, 4.69) is 33.2 Å². The summed E-state index contributed by atoms with van der Waals surface area (Å²) in [5, 5.41) is 4.43. The van der Waals surface area contributed by atoms with Gasteiger partial charge >= 0.3 is 0 Å². The third-order valence-electron chi connectivity index (χ3n) is 2.57. The molecule has 0 atom stereocenters. The molecule has 2 N–H and O–H groups in total. The van der Waals surface area contributed by atoms with Crippen LogP contribution in [0.3, 0.4) is 0 Å². The number of aromatic nitrogens is 2. The normalized spacial score (nSPS) is 10.7. The first-order chi connectivity index (χ1) is 7.70. The Kier molecular flexibility index (Phi) is 3.41. The molecule has 84 valence electrons. The summed E-state index contributed by atoms with van der Waals surface area (Å²) < 4.78 is 2.96. The maximum atomic E-state index is 5.62. The van der Waals surface area contributed by atoms with Crippen LogP contribution < -0.4 is 5.73 Å². The molecule has 0 saturated heterocycles. The van der Waals surface area contributed by atoms with Crippen LogP contribution in [0.5, 0.6) is 0 Å². The van der Waals surface area contributed by atoms with Crippen LogP contribution in [0.15, 0.2) is 34.8 Å². The summed E-state index contributed by atoms with van der Waals surface area (Å²) in [4.78, 5) is 0. The fraction of sp³-hybridized carbons (Fsp3) is 0.250. The maximum absolute atomic E-state index is 5.62. The van der Waals surface area contributed by atoms with Crippen molar-refractivity contribution >= 4 is 15.9 Å². The molecule has 0 spiro atoms. The zero-order chi connectivity index (χ0) is 11.5. The van der Waals surface area contributed by atoms with Crippen molar-refractivity contribution in [2.45, 2.75) is 13.0 Å². The lowest BCUT2D eigenvalue weighted by atomic mass is 10.1. The van der Waals surface area contributed by atoms with E-state index in [-0.39, 0.29) is 0 Å². The number of halogens is 1. The van der Waals surface area contributed by atoms with Gasteiger partial charge in [0.15, 0.2) is 0 Å². The molecule has 16 heavy (non-hydrogen) atoms. The molecule has 0 amide bonds. The van der Waals surface area contributed by atoms with Gasteiger partial charge in [-0.1, -0.05) is 34.1 Å². The van der Waals surface area contributed by atoms with Gasteiger partial charge in [-0.25, -0.2) is 0 Å². The van der Waals surface area contributed by atoms with Crippen LogP contribution >= 0.6 is 15.9 Å². The van der Waals surface area contributed by atoms with Gasteiger partial charge in [-0.2, -0.15) is 5.10 Å². The lowest BCUT2D eigenvalue weighted by Gasteiger charge is -2.00. The summed E-state index contributed by atoms with van der Waals surface area (Å²) in [5.74, 6) is 0. The highest BCUT2D eigenvalue weighted by Crippen LogP contribution is 2.19. The Morgan fingerprint density at radius 2 is 2.12 bits per heavy atom. The molecule has 4 heteroatoms. The highest BCUT2D eigenvalue weighted by Gasteiger charge is 2.06. The van der Waals surface area contributed by atoms with Crippen molar-refractivity contribution < 1.29 is 0 Å². The molecular formula is C12H14BrN3. The second-order valence-electron chi connectivity index (χ2n) is 3.72. The highest BCUT2D eigenvalue weighted by atomic mass is 79.9. The monoisotopic (exact) mass is 279 g/mol. The van der Waals surface area contributed by atoms with E-state index in [0.717, 1.165) is 22.3 Å². The Hall–Kier alpha value is -1.13. The van der Waals surface area contributed by atoms with Gasteiger partial charge < -0.3 is 5.73 Å². The zero-order valence-electron chi connectivity index (χ0n) is 9.15. The van der Waals surface area contributed by atoms with E-state index in [4.69, 9.17) is 5.73 Å². The standard InChI is InChI=1S/C12H14BrN3/c1-16-11(8-14)7-10(15-16)6-9-4-2-3-5-12(9)13/h2-5,7H,6,8,14H2,1H3. The summed E-state index contributed by atoms with van der Waals surface area (Å²) >= 11 is 3.54. The largest absolute Gasteiger partial charge is 0.325 e. The van der Waals surface area contributed by atoms with Gasteiger partial charge in [0.1, 0.15) is 0 Å². The maximum Gasteiger partial charge on any atom is 0.0672 e. The van der Waals surface area contributed by atoms with Crippen LogP contribution in [-0.2, 0) is 20.0 Å². The van der Waals surface area contributed by atoms with E-state index in [1.165, 1.54) is 5.56 Å². The van der Waals surface area contributed by atoms with Gasteiger partial charge in [-0.05, 0) is 17.7 Å². The van der Waals surface area contributed by atoms with Crippen molar-refractivity contribution in [2.75, 3.05) is 0 Å². The molecule has 0 aliphatic heterocycles. The molecule has 1 heterocycles. The first-order valence-electron chi connectivity index (χ1n) is 5.16. The molecular weight excluding hydrogens is 266 g/mol. The molecule has 3 nitrogen and oxygen atoms in total. The van der Waals surface area contributed by atoms with E-state index >= 15 is 0 Å². The Labute approximate surface area is 103 Å². The van der Waals surface area contributed by atoms with Crippen molar-refractivity contribution in [1.82, 2.24) is 9.78 Å². The van der Waals surface area contributed by atoms with Crippen LogP contribution in [0.1, 0.15) is 17.0 Å². The highest BCUT2D eigenvalue weighted by molar-refractivity contribution is 9.10. The van der Waals surface area contributed by atoms with E-state index < -0.39 is 0 Å². The predicted octanol–water partition coefficient (Wildman–Crippen LogP) is 2.23. The number of nitrogens with zero attached hydrogens (tertiary/aromatic N) is 2. The van der Waals surface area contributed by atoms with Crippen LogP contribution in [0.4, 0.5) is 0 Å². The molecule has 0 aliphatic rings. The van der Waals surface area contributed by atoms with Gasteiger partial charge in [0.05, 0.1) is 11.4 Å². The SMILES string of the molecule is Cn1nc(Cc2ccccc2Br)cc1CN. The van der Waals surface area contributed by atoms with Crippen LogP contribution in [-0.4, -0.2) is 9.78 Å². The fourth-order valence-corrected chi connectivity index (χ4v) is 2.11. The number of hydrogen-bond donors (Lipinski definition) is 1. The minimum Gasteiger partial charge on any atom is -0.325 e. The van der Waals surface area contributed by atoms with Crippen LogP contribution in [0, 0.1) is 0 Å². The Bertz CT molecular complexity index is 491. The smallest absolute Gasteiger partial charge is 0.0672 e. The van der Waals surface area contributed by atoms with Gasteiger partial charge in [0.2, 0.25) is 0 Å². The summed E-state index contributed by atoms with van der Waals surface area (Å²) in [6, 6.07) is 10.2. The lowest BCUT2D eigenvalue weighted by Crippen LogP contribution is -2.03. The Morgan fingerprint density at radius 3 is 2.75 bits per heavy atom. The predicted molar refractivity (Wildman–Crippen MR) is 68.0 cm³/mol. The minimum atomic E-state index is 0.527. The van der Waals surface area contributed by atoms with E-state index in [0.29, 0.717) is 6.54 Å². The van der Waals surface area contributed by atoms with Gasteiger partial charge in [-0.15, -0.1) is 0 Å². The number of benzene rings is 1. The molecule has 0 bridgehead atoms. The molecule has 0 radical (unpaired) electrons. The molecule has 1 aromatic carbocycles. The van der Waals surface area contributed by atoms with Crippen molar-refractivity contribution in [1.29, 1.82) is 0 Å². The average molecular weight is 280 g/mol. The van der Waals surface area contributed by atoms with Crippen molar-refractivity contribution in [2.24, 2.45) is 12.8 Å².